The molecule has 0 bridgehead atoms. The van der Waals surface area contributed by atoms with Crippen molar-refractivity contribution in [1.82, 2.24) is 5.43 Å². The van der Waals surface area contributed by atoms with Gasteiger partial charge in [0.2, 0.25) is 5.91 Å². The first kappa shape index (κ1) is 19.5. The van der Waals surface area contributed by atoms with Crippen molar-refractivity contribution in [1.29, 1.82) is 0 Å². The second kappa shape index (κ2) is 9.57. The summed E-state index contributed by atoms with van der Waals surface area (Å²) in [6.45, 7) is 0. The van der Waals surface area contributed by atoms with Crippen molar-refractivity contribution < 1.29 is 9.72 Å². The molecule has 0 spiro atoms. The van der Waals surface area contributed by atoms with Gasteiger partial charge in [-0.3, -0.25) is 14.9 Å². The molecule has 0 fully saturated rings. The summed E-state index contributed by atoms with van der Waals surface area (Å²) in [6, 6.07) is 14.4. The van der Waals surface area contributed by atoms with Crippen molar-refractivity contribution in [3.05, 3.63) is 69.8 Å². The second-order valence-electron chi connectivity index (χ2n) is 5.67. The Labute approximate surface area is 156 Å². The van der Waals surface area contributed by atoms with Gasteiger partial charge in [-0.2, -0.15) is 5.10 Å². The topological polar surface area (TPSA) is 87.8 Å². The Morgan fingerprint density at radius 1 is 1.27 bits per heavy atom. The molecule has 0 saturated carbocycles. The molecule has 8 heteroatoms. The third-order valence-electron chi connectivity index (χ3n) is 3.44. The van der Waals surface area contributed by atoms with Gasteiger partial charge < -0.3 is 4.90 Å². The van der Waals surface area contributed by atoms with Gasteiger partial charge in [0.25, 0.3) is 5.69 Å². The van der Waals surface area contributed by atoms with Gasteiger partial charge in [0.05, 0.1) is 16.9 Å². The summed E-state index contributed by atoms with van der Waals surface area (Å²) in [5.41, 5.74) is 4.91. The SMILES string of the molecule is CN(C)c1ccc([N+](=O)[O-])cc1/C=N\NC(=O)CSCc1ccccc1. The minimum Gasteiger partial charge on any atom is -0.377 e. The average molecular weight is 372 g/mol. The lowest BCUT2D eigenvalue weighted by Crippen LogP contribution is -2.20. The van der Waals surface area contributed by atoms with Gasteiger partial charge in [-0.1, -0.05) is 30.3 Å². The van der Waals surface area contributed by atoms with Crippen LogP contribution < -0.4 is 10.3 Å². The molecule has 26 heavy (non-hydrogen) atoms. The number of amides is 1. The number of non-ortho nitro benzene ring substituents is 1. The summed E-state index contributed by atoms with van der Waals surface area (Å²) in [6.07, 6.45) is 1.42. The van der Waals surface area contributed by atoms with Crippen molar-refractivity contribution in [3.8, 4) is 0 Å². The number of rotatable bonds is 8. The fourth-order valence-electron chi connectivity index (χ4n) is 2.21. The fourth-order valence-corrected chi connectivity index (χ4v) is 2.99. The zero-order valence-electron chi connectivity index (χ0n) is 14.6. The quantitative estimate of drug-likeness (QED) is 0.437. The first-order chi connectivity index (χ1) is 12.5. The van der Waals surface area contributed by atoms with Crippen LogP contribution in [-0.4, -0.2) is 36.9 Å². The van der Waals surface area contributed by atoms with Gasteiger partial charge in [0.15, 0.2) is 0 Å². The van der Waals surface area contributed by atoms with Gasteiger partial charge in [-0.15, -0.1) is 11.8 Å². The molecule has 0 atom stereocenters. The number of anilines is 1. The van der Waals surface area contributed by atoms with Crippen LogP contribution in [0.2, 0.25) is 0 Å². The Balaban J connectivity index is 1.91. The third kappa shape index (κ3) is 5.89. The van der Waals surface area contributed by atoms with E-state index in [1.165, 1.54) is 30.1 Å². The molecule has 2 rings (SSSR count). The van der Waals surface area contributed by atoms with Crippen LogP contribution in [-0.2, 0) is 10.5 Å². The van der Waals surface area contributed by atoms with Crippen LogP contribution in [0, 0.1) is 10.1 Å². The molecule has 1 N–H and O–H groups in total. The lowest BCUT2D eigenvalue weighted by atomic mass is 10.1. The molecule has 0 radical (unpaired) electrons. The number of hydrazone groups is 1. The molecule has 0 heterocycles. The van der Waals surface area contributed by atoms with Crippen LogP contribution in [0.1, 0.15) is 11.1 Å². The number of hydrogen-bond donors (Lipinski definition) is 1. The molecule has 2 aromatic rings. The number of benzene rings is 2. The molecular formula is C18H20N4O3S. The molecule has 0 aliphatic heterocycles. The maximum absolute atomic E-state index is 11.9. The Morgan fingerprint density at radius 3 is 2.65 bits per heavy atom. The summed E-state index contributed by atoms with van der Waals surface area (Å²) in [5, 5.41) is 14.9. The minimum absolute atomic E-state index is 0.0261. The lowest BCUT2D eigenvalue weighted by Gasteiger charge is -2.14. The highest BCUT2D eigenvalue weighted by Gasteiger charge is 2.11. The molecule has 136 valence electrons. The van der Waals surface area contributed by atoms with Gasteiger partial charge >= 0.3 is 0 Å². The third-order valence-corrected chi connectivity index (χ3v) is 4.45. The minimum atomic E-state index is -0.463. The fraction of sp³-hybridized carbons (Fsp3) is 0.222. The van der Waals surface area contributed by atoms with Crippen LogP contribution >= 0.6 is 11.8 Å². The van der Waals surface area contributed by atoms with Gasteiger partial charge in [0.1, 0.15) is 0 Å². The second-order valence-corrected chi connectivity index (χ2v) is 6.65. The Bertz CT molecular complexity index is 794. The van der Waals surface area contributed by atoms with Crippen molar-refractivity contribution in [2.45, 2.75) is 5.75 Å². The van der Waals surface area contributed by atoms with E-state index in [2.05, 4.69) is 10.5 Å². The van der Waals surface area contributed by atoms with Crippen molar-refractivity contribution in [2.24, 2.45) is 5.10 Å². The van der Waals surface area contributed by atoms with E-state index < -0.39 is 4.92 Å². The highest BCUT2D eigenvalue weighted by Crippen LogP contribution is 2.22. The predicted molar refractivity (Wildman–Crippen MR) is 106 cm³/mol. The number of hydrogen-bond acceptors (Lipinski definition) is 6. The highest BCUT2D eigenvalue weighted by atomic mass is 32.2. The molecule has 0 saturated heterocycles. The number of nitro groups is 1. The average Bonchev–Trinajstić information content (AvgIpc) is 2.62. The highest BCUT2D eigenvalue weighted by molar-refractivity contribution is 7.99. The molecular weight excluding hydrogens is 352 g/mol. The van der Waals surface area contributed by atoms with E-state index in [0.29, 0.717) is 5.56 Å². The molecule has 1 amide bonds. The van der Waals surface area contributed by atoms with E-state index >= 15 is 0 Å². The predicted octanol–water partition coefficient (Wildman–Crippen LogP) is 3.04. The van der Waals surface area contributed by atoms with Crippen LogP contribution in [0.5, 0.6) is 0 Å². The molecule has 0 unspecified atom stereocenters. The molecule has 2 aromatic carbocycles. The summed E-state index contributed by atoms with van der Waals surface area (Å²) in [4.78, 5) is 24.1. The first-order valence-corrected chi connectivity index (χ1v) is 9.02. The zero-order valence-corrected chi connectivity index (χ0v) is 15.4. The van der Waals surface area contributed by atoms with E-state index in [4.69, 9.17) is 0 Å². The molecule has 0 aliphatic carbocycles. The Kier molecular flexibility index (Phi) is 7.16. The number of nitro benzene ring substituents is 1. The van der Waals surface area contributed by atoms with Crippen molar-refractivity contribution >= 4 is 35.3 Å². The van der Waals surface area contributed by atoms with E-state index in [0.717, 1.165) is 17.0 Å². The van der Waals surface area contributed by atoms with E-state index in [-0.39, 0.29) is 17.3 Å². The zero-order chi connectivity index (χ0) is 18.9. The summed E-state index contributed by atoms with van der Waals surface area (Å²) in [7, 11) is 3.66. The van der Waals surface area contributed by atoms with Crippen molar-refractivity contribution in [3.63, 3.8) is 0 Å². The molecule has 0 aliphatic rings. The number of nitrogens with one attached hydrogen (secondary N) is 1. The normalized spacial score (nSPS) is 10.7. The number of nitrogens with zero attached hydrogens (tertiary/aromatic N) is 3. The first-order valence-electron chi connectivity index (χ1n) is 7.86. The van der Waals surface area contributed by atoms with Crippen molar-refractivity contribution in [2.75, 3.05) is 24.7 Å². The maximum Gasteiger partial charge on any atom is 0.270 e. The number of carbonyl (C=O) groups is 1. The maximum atomic E-state index is 11.9. The largest absolute Gasteiger partial charge is 0.377 e. The Morgan fingerprint density at radius 2 is 2.00 bits per heavy atom. The van der Waals surface area contributed by atoms with Gasteiger partial charge in [0, 0.05) is 43.2 Å². The monoisotopic (exact) mass is 372 g/mol. The van der Waals surface area contributed by atoms with Gasteiger partial charge in [-0.25, -0.2) is 5.43 Å². The summed E-state index contributed by atoms with van der Waals surface area (Å²) in [5.74, 6) is 0.800. The standard InChI is InChI=1S/C18H20N4O3S/c1-21(2)17-9-8-16(22(24)25)10-15(17)11-19-20-18(23)13-26-12-14-6-4-3-5-7-14/h3-11H,12-13H2,1-2H3,(H,20,23)/b19-11-. The smallest absolute Gasteiger partial charge is 0.270 e. The molecule has 0 aromatic heterocycles. The molecule has 7 nitrogen and oxygen atoms in total. The van der Waals surface area contributed by atoms with Gasteiger partial charge in [-0.05, 0) is 11.6 Å². The van der Waals surface area contributed by atoms with E-state index in [1.807, 2.05) is 49.3 Å². The van der Waals surface area contributed by atoms with Crippen LogP contribution in [0.25, 0.3) is 0 Å². The number of carbonyl (C=O) groups excluding carboxylic acids is 1. The van der Waals surface area contributed by atoms with Crippen LogP contribution in [0.3, 0.4) is 0 Å². The summed E-state index contributed by atoms with van der Waals surface area (Å²) >= 11 is 1.49. The summed E-state index contributed by atoms with van der Waals surface area (Å²) < 4.78 is 0. The Hall–Kier alpha value is -2.87. The van der Waals surface area contributed by atoms with Crippen LogP contribution in [0.4, 0.5) is 11.4 Å². The van der Waals surface area contributed by atoms with E-state index in [9.17, 15) is 14.9 Å². The lowest BCUT2D eigenvalue weighted by molar-refractivity contribution is -0.384. The number of thioether (sulfide) groups is 1. The van der Waals surface area contributed by atoms with Crippen LogP contribution in [0.15, 0.2) is 53.6 Å². The van der Waals surface area contributed by atoms with E-state index in [1.54, 1.807) is 6.07 Å².